The van der Waals surface area contributed by atoms with Crippen LogP contribution in [0.3, 0.4) is 0 Å². The van der Waals surface area contributed by atoms with Gasteiger partial charge in [0.05, 0.1) is 49.9 Å². The first-order valence-corrected chi connectivity index (χ1v) is 16.8. The van der Waals surface area contributed by atoms with E-state index in [1.54, 1.807) is 6.07 Å². The van der Waals surface area contributed by atoms with Gasteiger partial charge in [-0.05, 0) is 23.8 Å². The molecule has 17 heteroatoms. The molecule has 0 unspecified atom stereocenters. The number of anilines is 2. The van der Waals surface area contributed by atoms with Gasteiger partial charge in [-0.3, -0.25) is 14.5 Å². The van der Waals surface area contributed by atoms with Crippen LogP contribution < -0.4 is 14.4 Å². The van der Waals surface area contributed by atoms with Gasteiger partial charge in [0.1, 0.15) is 17.3 Å². The Morgan fingerprint density at radius 3 is 2.30 bits per heavy atom. The van der Waals surface area contributed by atoms with Crippen LogP contribution in [0.2, 0.25) is 0 Å². The standard InChI is InChI=1S/C30H34FN9O6S/c1-45-28-24(37-47(2,43)44)12-19(14-34-28)26-23-13-22(31)11-20(27(23)36-30(35-26)40-7-9-46-10-8-40)17-38-3-5-39(6-4-38)18-25-32-15-21(16-33-25)29(41)42/h11-16,37H,3-10,17-18H2,1-2H3,(H,41,42). The highest BCUT2D eigenvalue weighted by Gasteiger charge is 2.24. The van der Waals surface area contributed by atoms with Crippen LogP contribution in [0.4, 0.5) is 16.0 Å². The molecule has 0 bridgehead atoms. The van der Waals surface area contributed by atoms with E-state index >= 15 is 4.39 Å². The van der Waals surface area contributed by atoms with Gasteiger partial charge in [-0.15, -0.1) is 0 Å². The monoisotopic (exact) mass is 667 g/mol. The van der Waals surface area contributed by atoms with Crippen LogP contribution in [0.25, 0.3) is 22.2 Å². The SMILES string of the molecule is COc1ncc(-c2nc(N3CCOCC3)nc3c(CN4CCN(Cc5ncc(C(=O)O)cn5)CC4)cc(F)cc23)cc1NS(C)(=O)=O. The number of nitrogens with zero attached hydrogens (tertiary/aromatic N) is 8. The Morgan fingerprint density at radius 1 is 0.979 bits per heavy atom. The van der Waals surface area contributed by atoms with E-state index in [9.17, 15) is 13.2 Å². The summed E-state index contributed by atoms with van der Waals surface area (Å²) in [5.41, 5.74) is 2.31. The molecular formula is C30H34FN9O6S. The third-order valence-electron chi connectivity index (χ3n) is 7.92. The molecule has 2 aliphatic heterocycles. The van der Waals surface area contributed by atoms with Gasteiger partial charge < -0.3 is 19.5 Å². The van der Waals surface area contributed by atoms with Crippen molar-refractivity contribution in [3.63, 3.8) is 0 Å². The number of rotatable bonds is 10. The van der Waals surface area contributed by atoms with E-state index in [4.69, 9.17) is 24.5 Å². The fourth-order valence-corrected chi connectivity index (χ4v) is 6.16. The van der Waals surface area contributed by atoms with Gasteiger partial charge in [0.2, 0.25) is 21.9 Å². The van der Waals surface area contributed by atoms with Crippen LogP contribution >= 0.6 is 0 Å². The highest BCUT2D eigenvalue weighted by molar-refractivity contribution is 7.92. The van der Waals surface area contributed by atoms with Gasteiger partial charge in [0, 0.05) is 75.4 Å². The summed E-state index contributed by atoms with van der Waals surface area (Å²) in [4.78, 5) is 40.0. The van der Waals surface area contributed by atoms with Crippen LogP contribution in [0.5, 0.6) is 5.88 Å². The molecule has 3 aromatic heterocycles. The van der Waals surface area contributed by atoms with E-state index in [0.29, 0.717) is 105 Å². The molecule has 0 amide bonds. The quantitative estimate of drug-likeness (QED) is 0.251. The third kappa shape index (κ3) is 7.70. The fraction of sp³-hybridized carbons (Fsp3) is 0.400. The maximum atomic E-state index is 15.3. The molecule has 0 saturated carbocycles. The van der Waals surface area contributed by atoms with Gasteiger partial charge in [-0.1, -0.05) is 0 Å². The van der Waals surface area contributed by atoms with Crippen LogP contribution in [0, 0.1) is 5.82 Å². The minimum atomic E-state index is -3.66. The highest BCUT2D eigenvalue weighted by atomic mass is 32.2. The van der Waals surface area contributed by atoms with Crippen LogP contribution in [-0.4, -0.2) is 120 Å². The third-order valence-corrected chi connectivity index (χ3v) is 8.51. The molecule has 0 radical (unpaired) electrons. The number of methoxy groups -OCH3 is 1. The molecule has 2 saturated heterocycles. The van der Waals surface area contributed by atoms with Crippen molar-refractivity contribution in [2.24, 2.45) is 0 Å². The van der Waals surface area contributed by atoms with Crippen molar-refractivity contribution in [3.05, 3.63) is 59.6 Å². The molecule has 5 heterocycles. The minimum Gasteiger partial charge on any atom is -0.480 e. The Labute approximate surface area is 270 Å². The predicted molar refractivity (Wildman–Crippen MR) is 170 cm³/mol. The number of aromatic carboxylic acids is 1. The first-order valence-electron chi connectivity index (χ1n) is 14.9. The Hall–Kier alpha value is -4.58. The molecule has 6 rings (SSSR count). The number of piperazine rings is 1. The number of sulfonamides is 1. The zero-order chi connectivity index (χ0) is 33.1. The summed E-state index contributed by atoms with van der Waals surface area (Å²) >= 11 is 0. The van der Waals surface area contributed by atoms with E-state index < -0.39 is 21.8 Å². The summed E-state index contributed by atoms with van der Waals surface area (Å²) in [5, 5.41) is 9.56. The molecule has 0 aliphatic carbocycles. The second-order valence-corrected chi connectivity index (χ2v) is 13.1. The number of ether oxygens (including phenoxy) is 2. The second kappa shape index (κ2) is 13.6. The van der Waals surface area contributed by atoms with Gasteiger partial charge in [-0.2, -0.15) is 0 Å². The summed E-state index contributed by atoms with van der Waals surface area (Å²) in [5.74, 6) is -0.439. The van der Waals surface area contributed by atoms with E-state index in [-0.39, 0.29) is 17.1 Å². The molecule has 2 aliphatic rings. The minimum absolute atomic E-state index is 0.0406. The summed E-state index contributed by atoms with van der Waals surface area (Å²) in [6.45, 7) is 5.92. The molecule has 15 nitrogen and oxygen atoms in total. The summed E-state index contributed by atoms with van der Waals surface area (Å²) < 4.78 is 52.8. The van der Waals surface area contributed by atoms with Gasteiger partial charge in [0.15, 0.2) is 0 Å². The average Bonchev–Trinajstić information content (AvgIpc) is 3.05. The number of hydrogen-bond acceptors (Lipinski definition) is 13. The molecule has 1 aromatic carbocycles. The van der Waals surface area contributed by atoms with Crippen molar-refractivity contribution < 1.29 is 32.2 Å². The zero-order valence-electron chi connectivity index (χ0n) is 25.9. The largest absolute Gasteiger partial charge is 0.480 e. The van der Waals surface area contributed by atoms with E-state index in [1.165, 1.54) is 37.8 Å². The lowest BCUT2D eigenvalue weighted by Crippen LogP contribution is -2.45. The van der Waals surface area contributed by atoms with Crippen molar-refractivity contribution in [1.82, 2.24) is 34.7 Å². The Kier molecular flexibility index (Phi) is 9.40. The van der Waals surface area contributed by atoms with Crippen LogP contribution in [0.15, 0.2) is 36.8 Å². The van der Waals surface area contributed by atoms with Gasteiger partial charge in [-0.25, -0.2) is 42.5 Å². The average molecular weight is 668 g/mol. The number of carboxylic acids is 1. The number of carboxylic acid groups (broad SMARTS) is 1. The number of fused-ring (bicyclic) bond motifs is 1. The predicted octanol–water partition coefficient (Wildman–Crippen LogP) is 1.85. The Morgan fingerprint density at radius 2 is 1.66 bits per heavy atom. The lowest BCUT2D eigenvalue weighted by atomic mass is 10.0. The topological polar surface area (TPSA) is 176 Å². The number of nitrogens with one attached hydrogen (secondary N) is 1. The Bertz CT molecular complexity index is 1880. The number of aromatic nitrogens is 5. The number of morpholine rings is 1. The summed E-state index contributed by atoms with van der Waals surface area (Å²) in [6, 6.07) is 4.45. The second-order valence-electron chi connectivity index (χ2n) is 11.3. The van der Waals surface area contributed by atoms with Crippen molar-refractivity contribution in [3.8, 4) is 17.1 Å². The van der Waals surface area contributed by atoms with Gasteiger partial charge >= 0.3 is 5.97 Å². The number of carbonyl (C=O) groups is 1. The summed E-state index contributed by atoms with van der Waals surface area (Å²) in [6.07, 6.45) is 5.16. The zero-order valence-corrected chi connectivity index (χ0v) is 26.7. The normalized spacial score (nSPS) is 16.4. The van der Waals surface area contributed by atoms with E-state index in [0.717, 1.165) is 6.26 Å². The number of hydrogen-bond donors (Lipinski definition) is 2. The lowest BCUT2D eigenvalue weighted by Gasteiger charge is -2.34. The smallest absolute Gasteiger partial charge is 0.338 e. The molecule has 2 N–H and O–H groups in total. The highest BCUT2D eigenvalue weighted by Crippen LogP contribution is 2.35. The molecule has 47 heavy (non-hydrogen) atoms. The summed E-state index contributed by atoms with van der Waals surface area (Å²) in [7, 11) is -2.27. The van der Waals surface area contributed by atoms with Crippen LogP contribution in [0.1, 0.15) is 21.7 Å². The van der Waals surface area contributed by atoms with E-state index in [2.05, 4.69) is 29.5 Å². The molecule has 248 valence electrons. The lowest BCUT2D eigenvalue weighted by molar-refractivity contribution is 0.0695. The first-order chi connectivity index (χ1) is 22.6. The van der Waals surface area contributed by atoms with Crippen molar-refractivity contribution in [2.45, 2.75) is 13.1 Å². The van der Waals surface area contributed by atoms with Crippen LogP contribution in [-0.2, 0) is 27.8 Å². The van der Waals surface area contributed by atoms with Crippen molar-refractivity contribution in [2.75, 3.05) is 75.5 Å². The van der Waals surface area contributed by atoms with Gasteiger partial charge in [0.25, 0.3) is 0 Å². The molecule has 2 fully saturated rings. The number of pyridine rings is 1. The van der Waals surface area contributed by atoms with E-state index in [1.807, 2.05) is 4.90 Å². The van der Waals surface area contributed by atoms with Crippen molar-refractivity contribution >= 4 is 38.5 Å². The molecule has 0 spiro atoms. The molecular weight excluding hydrogens is 633 g/mol. The first kappa shape index (κ1) is 32.4. The molecule has 4 aromatic rings. The number of benzene rings is 1. The van der Waals surface area contributed by atoms with Crippen molar-refractivity contribution in [1.29, 1.82) is 0 Å². The fourth-order valence-electron chi connectivity index (χ4n) is 5.61. The maximum absolute atomic E-state index is 15.3. The maximum Gasteiger partial charge on any atom is 0.338 e. The molecule has 0 atom stereocenters. The number of halogens is 1. The Balaban J connectivity index is 1.31.